The highest BCUT2D eigenvalue weighted by Gasteiger charge is 2.30. The van der Waals surface area contributed by atoms with Crippen LogP contribution in [0.2, 0.25) is 0 Å². The molecule has 0 bridgehead atoms. The molecule has 0 aliphatic carbocycles. The molecule has 1 amide bonds. The number of carbonyl (C=O) groups excluding carboxylic acids is 1. The van der Waals surface area contributed by atoms with Crippen molar-refractivity contribution in [3.8, 4) is 5.75 Å². The van der Waals surface area contributed by atoms with Crippen LogP contribution >= 0.6 is 0 Å². The van der Waals surface area contributed by atoms with Gasteiger partial charge in [0.1, 0.15) is 5.75 Å². The zero-order chi connectivity index (χ0) is 14.4. The van der Waals surface area contributed by atoms with Crippen molar-refractivity contribution >= 4 is 5.91 Å². The maximum Gasteiger partial charge on any atom is 0.260 e. The molecule has 20 heavy (non-hydrogen) atoms. The van der Waals surface area contributed by atoms with Gasteiger partial charge in [-0.2, -0.15) is 0 Å². The maximum absolute atomic E-state index is 12.0. The molecule has 2 rings (SSSR count). The average Bonchev–Trinajstić information content (AvgIpc) is 2.46. The van der Waals surface area contributed by atoms with Gasteiger partial charge in [-0.15, -0.1) is 0 Å². The fraction of sp³-hybridized carbons (Fsp3) is 0.533. The Hall–Kier alpha value is -1.59. The first-order valence-electron chi connectivity index (χ1n) is 6.89. The molecule has 0 unspecified atom stereocenters. The number of nitrogens with one attached hydrogen (secondary N) is 1. The summed E-state index contributed by atoms with van der Waals surface area (Å²) >= 11 is 0. The van der Waals surface area contributed by atoms with Gasteiger partial charge >= 0.3 is 0 Å². The molecule has 1 saturated heterocycles. The number of aliphatic hydroxyl groups is 1. The van der Waals surface area contributed by atoms with Crippen LogP contribution in [0.25, 0.3) is 0 Å². The summed E-state index contributed by atoms with van der Waals surface area (Å²) in [6, 6.07) is 9.19. The molecule has 1 aromatic rings. The van der Waals surface area contributed by atoms with Crippen LogP contribution in [0.15, 0.2) is 30.3 Å². The van der Waals surface area contributed by atoms with E-state index in [0.29, 0.717) is 31.8 Å². The number of hydrogen-bond donors (Lipinski definition) is 2. The normalized spacial score (nSPS) is 19.1. The molecule has 1 fully saturated rings. The summed E-state index contributed by atoms with van der Waals surface area (Å²) in [5, 5.41) is 13.0. The maximum atomic E-state index is 12.0. The van der Waals surface area contributed by atoms with Gasteiger partial charge in [0.25, 0.3) is 5.91 Å². The summed E-state index contributed by atoms with van der Waals surface area (Å²) in [6.45, 7) is 2.99. The first-order valence-corrected chi connectivity index (χ1v) is 6.89. The van der Waals surface area contributed by atoms with E-state index in [9.17, 15) is 9.90 Å². The highest BCUT2D eigenvalue weighted by atomic mass is 16.5. The Kier molecular flexibility index (Phi) is 4.98. The van der Waals surface area contributed by atoms with Gasteiger partial charge in [-0.05, 0) is 19.1 Å². The van der Waals surface area contributed by atoms with Crippen molar-refractivity contribution in [2.75, 3.05) is 19.8 Å². The molecule has 5 nitrogen and oxygen atoms in total. The van der Waals surface area contributed by atoms with Crippen molar-refractivity contribution in [2.45, 2.75) is 31.5 Å². The van der Waals surface area contributed by atoms with E-state index >= 15 is 0 Å². The average molecular weight is 279 g/mol. The summed E-state index contributed by atoms with van der Waals surface area (Å²) < 4.78 is 10.7. The van der Waals surface area contributed by atoms with Gasteiger partial charge in [0.15, 0.2) is 6.10 Å². The van der Waals surface area contributed by atoms with Crippen LogP contribution in [0.5, 0.6) is 5.75 Å². The van der Waals surface area contributed by atoms with E-state index in [1.165, 1.54) is 0 Å². The molecule has 5 heteroatoms. The zero-order valence-electron chi connectivity index (χ0n) is 11.7. The van der Waals surface area contributed by atoms with Crippen LogP contribution in [-0.4, -0.2) is 42.5 Å². The third kappa shape index (κ3) is 4.21. The lowest BCUT2D eigenvalue weighted by Gasteiger charge is -2.32. The number of ether oxygens (including phenoxy) is 2. The molecular formula is C15H21NO4. The highest BCUT2D eigenvalue weighted by molar-refractivity contribution is 5.80. The molecule has 0 spiro atoms. The Morgan fingerprint density at radius 1 is 1.40 bits per heavy atom. The van der Waals surface area contributed by atoms with E-state index in [4.69, 9.17) is 9.47 Å². The minimum atomic E-state index is -0.861. The molecule has 1 aliphatic heterocycles. The Labute approximate surface area is 118 Å². The van der Waals surface area contributed by atoms with Gasteiger partial charge < -0.3 is 19.9 Å². The Morgan fingerprint density at radius 3 is 2.70 bits per heavy atom. The fourth-order valence-electron chi connectivity index (χ4n) is 2.08. The fourth-order valence-corrected chi connectivity index (χ4v) is 2.08. The van der Waals surface area contributed by atoms with Gasteiger partial charge in [-0.25, -0.2) is 0 Å². The predicted octanol–water partition coefficient (Wildman–Crippen LogP) is 1.11. The van der Waals surface area contributed by atoms with E-state index in [2.05, 4.69) is 5.32 Å². The summed E-state index contributed by atoms with van der Waals surface area (Å²) in [5.41, 5.74) is -0.861. The first-order chi connectivity index (χ1) is 9.59. The summed E-state index contributed by atoms with van der Waals surface area (Å²) in [7, 11) is 0. The second-order valence-electron chi connectivity index (χ2n) is 5.13. The minimum absolute atomic E-state index is 0.228. The van der Waals surface area contributed by atoms with E-state index in [0.717, 1.165) is 0 Å². The van der Waals surface area contributed by atoms with Gasteiger partial charge in [-0.1, -0.05) is 18.2 Å². The van der Waals surface area contributed by atoms with Gasteiger partial charge in [0, 0.05) is 32.6 Å². The molecule has 0 radical (unpaired) electrons. The monoisotopic (exact) mass is 279 g/mol. The zero-order valence-corrected chi connectivity index (χ0v) is 11.7. The topological polar surface area (TPSA) is 67.8 Å². The van der Waals surface area contributed by atoms with E-state index in [1.54, 1.807) is 19.1 Å². The molecule has 110 valence electrons. The van der Waals surface area contributed by atoms with Crippen LogP contribution < -0.4 is 10.1 Å². The SMILES string of the molecule is C[C@H](Oc1ccccc1)C(=O)NCC1(O)CCOCC1. The van der Waals surface area contributed by atoms with Crippen LogP contribution in [-0.2, 0) is 9.53 Å². The first kappa shape index (κ1) is 14.8. The molecule has 0 saturated carbocycles. The van der Waals surface area contributed by atoms with Gasteiger partial charge in [0.2, 0.25) is 0 Å². The third-order valence-corrected chi connectivity index (χ3v) is 3.44. The van der Waals surface area contributed by atoms with Crippen molar-refractivity contribution in [3.05, 3.63) is 30.3 Å². The van der Waals surface area contributed by atoms with E-state index in [1.807, 2.05) is 18.2 Å². The molecular weight excluding hydrogens is 258 g/mol. The predicted molar refractivity (Wildman–Crippen MR) is 74.5 cm³/mol. The molecule has 0 aromatic heterocycles. The lowest BCUT2D eigenvalue weighted by atomic mass is 9.94. The second kappa shape index (κ2) is 6.72. The number of carbonyl (C=O) groups is 1. The van der Waals surface area contributed by atoms with Crippen molar-refractivity contribution in [2.24, 2.45) is 0 Å². The van der Waals surface area contributed by atoms with Gasteiger partial charge in [-0.3, -0.25) is 4.79 Å². The second-order valence-corrected chi connectivity index (χ2v) is 5.13. The van der Waals surface area contributed by atoms with Crippen molar-refractivity contribution in [1.29, 1.82) is 0 Å². The molecule has 1 aromatic carbocycles. The summed E-state index contributed by atoms with van der Waals surface area (Å²) in [4.78, 5) is 12.0. The lowest BCUT2D eigenvalue weighted by molar-refractivity contribution is -0.130. The number of hydrogen-bond acceptors (Lipinski definition) is 4. The minimum Gasteiger partial charge on any atom is -0.481 e. The van der Waals surface area contributed by atoms with E-state index < -0.39 is 11.7 Å². The highest BCUT2D eigenvalue weighted by Crippen LogP contribution is 2.19. The molecule has 2 N–H and O–H groups in total. The van der Waals surface area contributed by atoms with Crippen molar-refractivity contribution in [3.63, 3.8) is 0 Å². The van der Waals surface area contributed by atoms with Crippen LogP contribution in [0.3, 0.4) is 0 Å². The summed E-state index contributed by atoms with van der Waals surface area (Å²) in [6.07, 6.45) is 0.489. The van der Waals surface area contributed by atoms with Gasteiger partial charge in [0.05, 0.1) is 5.60 Å². The van der Waals surface area contributed by atoms with Crippen LogP contribution in [0, 0.1) is 0 Å². The van der Waals surface area contributed by atoms with Crippen molar-refractivity contribution in [1.82, 2.24) is 5.32 Å². The standard InChI is InChI=1S/C15H21NO4/c1-12(20-13-5-3-2-4-6-13)14(17)16-11-15(18)7-9-19-10-8-15/h2-6,12,18H,7-11H2,1H3,(H,16,17)/t12-/m0/s1. The summed E-state index contributed by atoms with van der Waals surface area (Å²) in [5.74, 6) is 0.425. The van der Waals surface area contributed by atoms with E-state index in [-0.39, 0.29) is 12.5 Å². The number of para-hydroxylation sites is 1. The number of benzene rings is 1. The lowest BCUT2D eigenvalue weighted by Crippen LogP contribution is -2.49. The number of amides is 1. The van der Waals surface area contributed by atoms with Crippen LogP contribution in [0.1, 0.15) is 19.8 Å². The smallest absolute Gasteiger partial charge is 0.260 e. The largest absolute Gasteiger partial charge is 0.481 e. The number of rotatable bonds is 5. The Balaban J connectivity index is 1.79. The third-order valence-electron chi connectivity index (χ3n) is 3.44. The quantitative estimate of drug-likeness (QED) is 0.847. The Bertz CT molecular complexity index is 429. The molecule has 1 heterocycles. The molecule has 1 aliphatic rings. The van der Waals surface area contributed by atoms with Crippen molar-refractivity contribution < 1.29 is 19.4 Å². The Morgan fingerprint density at radius 2 is 2.05 bits per heavy atom. The van der Waals surface area contributed by atoms with Crippen LogP contribution in [0.4, 0.5) is 0 Å². The molecule has 1 atom stereocenters.